The zero-order valence-electron chi connectivity index (χ0n) is 18.7. The second-order valence-electron chi connectivity index (χ2n) is 8.31. The molecule has 3 atom stereocenters. The van der Waals surface area contributed by atoms with Gasteiger partial charge in [-0.05, 0) is 30.2 Å². The number of ether oxygens (including phenoxy) is 1. The number of aliphatic hydroxyl groups is 1. The lowest BCUT2D eigenvalue weighted by Gasteiger charge is -2.37. The van der Waals surface area contributed by atoms with E-state index in [0.717, 1.165) is 17.4 Å². The van der Waals surface area contributed by atoms with E-state index < -0.39 is 32.2 Å². The molecule has 1 heterocycles. The van der Waals surface area contributed by atoms with Gasteiger partial charge in [-0.1, -0.05) is 43.3 Å². The predicted octanol–water partition coefficient (Wildman–Crippen LogP) is 2.01. The van der Waals surface area contributed by atoms with E-state index in [4.69, 9.17) is 4.74 Å². The molecule has 0 saturated heterocycles. The molecule has 0 aliphatic carbocycles. The second-order valence-corrected chi connectivity index (χ2v) is 12.3. The Balaban J connectivity index is 2.14. The largest absolute Gasteiger partial charge is 0.487 e. The topological polar surface area (TPSA) is 104 Å². The van der Waals surface area contributed by atoms with E-state index in [1.54, 1.807) is 19.1 Å². The SMILES string of the molecule is C[C@@H]1CN([C@@H](C)CO)S(=O)(=O)c2ccc(-c3ccccc3)cc2O[C@H]1CN(C)S(C)(=O)=O. The monoisotopic (exact) mass is 482 g/mol. The lowest BCUT2D eigenvalue weighted by molar-refractivity contribution is 0.0906. The first-order valence-corrected chi connectivity index (χ1v) is 13.6. The Labute approximate surface area is 190 Å². The molecule has 3 rings (SSSR count). The fraction of sp³-hybridized carbons (Fsp3) is 0.455. The molecule has 0 fully saturated rings. The number of benzene rings is 2. The minimum Gasteiger partial charge on any atom is -0.487 e. The molecule has 2 aromatic rings. The van der Waals surface area contributed by atoms with Crippen LogP contribution in [-0.4, -0.2) is 75.7 Å². The molecule has 2 aromatic carbocycles. The van der Waals surface area contributed by atoms with Gasteiger partial charge in [-0.2, -0.15) is 4.31 Å². The van der Waals surface area contributed by atoms with Crippen molar-refractivity contribution in [3.63, 3.8) is 0 Å². The molecule has 1 aliphatic rings. The van der Waals surface area contributed by atoms with Crippen LogP contribution in [0.1, 0.15) is 13.8 Å². The molecule has 10 heteroatoms. The maximum absolute atomic E-state index is 13.5. The molecular formula is C22H30N2O6S2. The first-order chi connectivity index (χ1) is 14.9. The van der Waals surface area contributed by atoms with Crippen molar-refractivity contribution in [2.24, 2.45) is 5.92 Å². The van der Waals surface area contributed by atoms with Gasteiger partial charge in [0.25, 0.3) is 0 Å². The fourth-order valence-electron chi connectivity index (χ4n) is 3.64. The highest BCUT2D eigenvalue weighted by molar-refractivity contribution is 7.89. The number of nitrogens with zero attached hydrogens (tertiary/aromatic N) is 2. The third-order valence-corrected chi connectivity index (χ3v) is 9.08. The number of hydrogen-bond acceptors (Lipinski definition) is 6. The minimum absolute atomic E-state index is 0.00334. The summed E-state index contributed by atoms with van der Waals surface area (Å²) in [7, 11) is -5.93. The summed E-state index contributed by atoms with van der Waals surface area (Å²) in [6.45, 7) is 3.28. The van der Waals surface area contributed by atoms with Crippen LogP contribution < -0.4 is 4.74 Å². The summed E-state index contributed by atoms with van der Waals surface area (Å²) in [5, 5.41) is 9.70. The first kappa shape index (κ1) is 24.7. The highest BCUT2D eigenvalue weighted by Crippen LogP contribution is 2.36. The summed E-state index contributed by atoms with van der Waals surface area (Å²) >= 11 is 0. The van der Waals surface area contributed by atoms with Crippen LogP contribution in [0.25, 0.3) is 11.1 Å². The molecule has 0 saturated carbocycles. The van der Waals surface area contributed by atoms with Gasteiger partial charge >= 0.3 is 0 Å². The molecule has 1 aliphatic heterocycles. The van der Waals surface area contributed by atoms with E-state index in [2.05, 4.69) is 0 Å². The zero-order chi connectivity index (χ0) is 23.7. The van der Waals surface area contributed by atoms with E-state index in [1.165, 1.54) is 21.7 Å². The Morgan fingerprint density at radius 3 is 2.44 bits per heavy atom. The van der Waals surface area contributed by atoms with Crippen LogP contribution in [0.2, 0.25) is 0 Å². The zero-order valence-corrected chi connectivity index (χ0v) is 20.3. The van der Waals surface area contributed by atoms with E-state index in [9.17, 15) is 21.9 Å². The number of likely N-dealkylation sites (N-methyl/N-ethyl adjacent to an activating group) is 1. The van der Waals surface area contributed by atoms with Gasteiger partial charge in [-0.15, -0.1) is 0 Å². The molecule has 32 heavy (non-hydrogen) atoms. The molecule has 0 bridgehead atoms. The van der Waals surface area contributed by atoms with Crippen molar-refractivity contribution in [2.45, 2.75) is 30.9 Å². The molecular weight excluding hydrogens is 452 g/mol. The second kappa shape index (κ2) is 9.48. The van der Waals surface area contributed by atoms with Gasteiger partial charge in [0.15, 0.2) is 0 Å². The average Bonchev–Trinajstić information content (AvgIpc) is 2.75. The van der Waals surface area contributed by atoms with Crippen molar-refractivity contribution in [3.05, 3.63) is 48.5 Å². The van der Waals surface area contributed by atoms with E-state index in [0.29, 0.717) is 0 Å². The van der Waals surface area contributed by atoms with E-state index >= 15 is 0 Å². The van der Waals surface area contributed by atoms with Crippen molar-refractivity contribution in [1.82, 2.24) is 8.61 Å². The summed E-state index contributed by atoms with van der Waals surface area (Å²) < 4.78 is 59.7. The molecule has 8 nitrogen and oxygen atoms in total. The van der Waals surface area contributed by atoms with Crippen LogP contribution in [0.5, 0.6) is 5.75 Å². The quantitative estimate of drug-likeness (QED) is 0.676. The van der Waals surface area contributed by atoms with Gasteiger partial charge in [-0.25, -0.2) is 21.1 Å². The normalized spacial score (nSPS) is 22.4. The van der Waals surface area contributed by atoms with Gasteiger partial charge in [0.1, 0.15) is 16.7 Å². The smallest absolute Gasteiger partial charge is 0.247 e. The van der Waals surface area contributed by atoms with Gasteiger partial charge in [-0.3, -0.25) is 0 Å². The standard InChI is InChI=1S/C22H30N2O6S2/c1-16-13-24(17(2)15-25)32(28,29)22-11-10-19(18-8-6-5-7-9-18)12-20(22)30-21(16)14-23(3)31(4,26)27/h5-12,16-17,21,25H,13-15H2,1-4H3/t16-,17+,21+/m1/s1. The van der Waals surface area contributed by atoms with Crippen LogP contribution >= 0.6 is 0 Å². The minimum atomic E-state index is -3.95. The molecule has 176 valence electrons. The molecule has 1 N–H and O–H groups in total. The Hall–Kier alpha value is -1.98. The molecule has 0 unspecified atom stereocenters. The summed E-state index contributed by atoms with van der Waals surface area (Å²) in [5.41, 5.74) is 1.68. The highest BCUT2D eigenvalue weighted by Gasteiger charge is 2.38. The Kier molecular flexibility index (Phi) is 7.31. The molecule has 0 spiro atoms. The van der Waals surface area contributed by atoms with Gasteiger partial charge in [0, 0.05) is 25.6 Å². The van der Waals surface area contributed by atoms with Crippen molar-refractivity contribution < 1.29 is 26.7 Å². The van der Waals surface area contributed by atoms with E-state index in [-0.39, 0.29) is 36.3 Å². The van der Waals surface area contributed by atoms with Crippen LogP contribution in [0.3, 0.4) is 0 Å². The first-order valence-electron chi connectivity index (χ1n) is 10.3. The third-order valence-electron chi connectivity index (χ3n) is 5.78. The Morgan fingerprint density at radius 2 is 1.84 bits per heavy atom. The van der Waals surface area contributed by atoms with E-state index in [1.807, 2.05) is 37.3 Å². The summed E-state index contributed by atoms with van der Waals surface area (Å²) in [4.78, 5) is -0.00334. The molecule has 0 aromatic heterocycles. The number of hydrogen-bond donors (Lipinski definition) is 1. The fourth-order valence-corrected chi connectivity index (χ4v) is 5.89. The van der Waals surface area contributed by atoms with Gasteiger partial charge < -0.3 is 9.84 Å². The molecule has 0 amide bonds. The van der Waals surface area contributed by atoms with Crippen LogP contribution in [0, 0.1) is 5.92 Å². The third kappa shape index (κ3) is 5.15. The lowest BCUT2D eigenvalue weighted by Crippen LogP contribution is -2.50. The number of rotatable bonds is 6. The maximum Gasteiger partial charge on any atom is 0.247 e. The van der Waals surface area contributed by atoms with Crippen molar-refractivity contribution >= 4 is 20.0 Å². The van der Waals surface area contributed by atoms with Crippen LogP contribution in [0.4, 0.5) is 0 Å². The lowest BCUT2D eigenvalue weighted by atomic mass is 10.0. The van der Waals surface area contributed by atoms with Crippen molar-refractivity contribution in [2.75, 3.05) is 33.0 Å². The van der Waals surface area contributed by atoms with Gasteiger partial charge in [0.05, 0.1) is 19.4 Å². The molecule has 0 radical (unpaired) electrons. The average molecular weight is 483 g/mol. The van der Waals surface area contributed by atoms with Crippen molar-refractivity contribution in [3.8, 4) is 16.9 Å². The summed E-state index contributed by atoms with van der Waals surface area (Å²) in [5.74, 6) is -0.170. The summed E-state index contributed by atoms with van der Waals surface area (Å²) in [6.07, 6.45) is 0.524. The Morgan fingerprint density at radius 1 is 1.19 bits per heavy atom. The number of sulfonamides is 2. The summed E-state index contributed by atoms with van der Waals surface area (Å²) in [6, 6.07) is 13.8. The van der Waals surface area contributed by atoms with Crippen LogP contribution in [0.15, 0.2) is 53.4 Å². The number of aliphatic hydroxyl groups excluding tert-OH is 1. The predicted molar refractivity (Wildman–Crippen MR) is 123 cm³/mol. The Bertz CT molecular complexity index is 1150. The highest BCUT2D eigenvalue weighted by atomic mass is 32.2. The van der Waals surface area contributed by atoms with Crippen LogP contribution in [-0.2, 0) is 20.0 Å². The maximum atomic E-state index is 13.5. The van der Waals surface area contributed by atoms with Crippen molar-refractivity contribution in [1.29, 1.82) is 0 Å². The van der Waals surface area contributed by atoms with Gasteiger partial charge in [0.2, 0.25) is 20.0 Å². The number of fused-ring (bicyclic) bond motifs is 1.